The summed E-state index contributed by atoms with van der Waals surface area (Å²) in [7, 11) is 0. The van der Waals surface area contributed by atoms with Crippen molar-refractivity contribution >= 4 is 45.9 Å². The second-order valence-corrected chi connectivity index (χ2v) is 8.61. The maximum atomic E-state index is 13.3. The van der Waals surface area contributed by atoms with Crippen LogP contribution in [0.15, 0.2) is 71.1 Å². The van der Waals surface area contributed by atoms with E-state index >= 15 is 0 Å². The van der Waals surface area contributed by atoms with Crippen LogP contribution in [0.1, 0.15) is 13.8 Å². The normalized spacial score (nSPS) is 14.8. The summed E-state index contributed by atoms with van der Waals surface area (Å²) >= 11 is 1.18. The van der Waals surface area contributed by atoms with E-state index in [1.54, 1.807) is 50.3 Å². The van der Waals surface area contributed by atoms with E-state index in [0.29, 0.717) is 27.4 Å². The van der Waals surface area contributed by atoms with Gasteiger partial charge in [0.05, 0.1) is 28.0 Å². The van der Waals surface area contributed by atoms with Crippen molar-refractivity contribution < 1.29 is 9.59 Å². The summed E-state index contributed by atoms with van der Waals surface area (Å²) < 4.78 is 1.51. The van der Waals surface area contributed by atoms with E-state index in [9.17, 15) is 14.4 Å². The lowest BCUT2D eigenvalue weighted by molar-refractivity contribution is -0.125. The predicted molar refractivity (Wildman–Crippen MR) is 124 cm³/mol. The second kappa shape index (κ2) is 8.03. The van der Waals surface area contributed by atoms with Crippen LogP contribution in [0, 0.1) is 0 Å². The average molecular weight is 435 g/mol. The van der Waals surface area contributed by atoms with Crippen molar-refractivity contribution in [1.82, 2.24) is 9.55 Å². The first-order valence-corrected chi connectivity index (χ1v) is 10.8. The maximum Gasteiger partial charge on any atom is 0.262 e. The lowest BCUT2D eigenvalue weighted by atomic mass is 9.96. The van der Waals surface area contributed by atoms with Gasteiger partial charge >= 0.3 is 0 Å². The van der Waals surface area contributed by atoms with Crippen molar-refractivity contribution in [3.05, 3.63) is 71.5 Å². The first-order valence-electron chi connectivity index (χ1n) is 9.81. The molecule has 1 N–H and O–H groups in total. The maximum absolute atomic E-state index is 13.3. The van der Waals surface area contributed by atoms with Gasteiger partial charge in [-0.2, -0.15) is 0 Å². The molecule has 31 heavy (non-hydrogen) atoms. The molecule has 0 bridgehead atoms. The van der Waals surface area contributed by atoms with Gasteiger partial charge in [-0.3, -0.25) is 23.9 Å². The summed E-state index contributed by atoms with van der Waals surface area (Å²) in [6.45, 7) is 7.43. The molecule has 1 aromatic heterocycles. The number of allylic oxidation sites excluding steroid dienone is 1. The van der Waals surface area contributed by atoms with E-state index in [0.717, 1.165) is 0 Å². The Hall–Kier alpha value is -3.39. The van der Waals surface area contributed by atoms with Crippen molar-refractivity contribution in [2.24, 2.45) is 0 Å². The third-order valence-electron chi connectivity index (χ3n) is 5.22. The summed E-state index contributed by atoms with van der Waals surface area (Å²) in [5.41, 5.74) is 0.586. The monoisotopic (exact) mass is 434 g/mol. The smallest absolute Gasteiger partial charge is 0.262 e. The van der Waals surface area contributed by atoms with Gasteiger partial charge in [-0.15, -0.1) is 6.58 Å². The summed E-state index contributed by atoms with van der Waals surface area (Å²) in [6.07, 6.45) is 1.62. The lowest BCUT2D eigenvalue weighted by Gasteiger charge is -2.42. The van der Waals surface area contributed by atoms with Crippen molar-refractivity contribution in [1.29, 1.82) is 0 Å². The number of thioether (sulfide) groups is 1. The molecule has 0 fully saturated rings. The lowest BCUT2D eigenvalue weighted by Crippen LogP contribution is -2.59. The van der Waals surface area contributed by atoms with Gasteiger partial charge in [0, 0.05) is 6.54 Å². The molecular weight excluding hydrogens is 412 g/mol. The Labute approximate surface area is 183 Å². The quantitative estimate of drug-likeness (QED) is 0.378. The number of nitrogens with zero attached hydrogens (tertiary/aromatic N) is 3. The summed E-state index contributed by atoms with van der Waals surface area (Å²) in [6, 6.07) is 14.3. The fourth-order valence-electron chi connectivity index (χ4n) is 3.64. The number of hydrogen-bond acceptors (Lipinski definition) is 5. The molecule has 7 nitrogen and oxygen atoms in total. The largest absolute Gasteiger partial charge is 0.322 e. The molecule has 0 radical (unpaired) electrons. The molecule has 2 heterocycles. The van der Waals surface area contributed by atoms with E-state index in [1.807, 2.05) is 18.2 Å². The van der Waals surface area contributed by atoms with Crippen LogP contribution in [-0.4, -0.2) is 32.7 Å². The number of anilines is 2. The van der Waals surface area contributed by atoms with Crippen LogP contribution in [0.5, 0.6) is 0 Å². The van der Waals surface area contributed by atoms with Crippen molar-refractivity contribution in [2.45, 2.75) is 31.1 Å². The van der Waals surface area contributed by atoms with Crippen molar-refractivity contribution in [2.75, 3.05) is 16.0 Å². The minimum absolute atomic E-state index is 0.0208. The number of carbonyl (C=O) groups is 2. The zero-order valence-corrected chi connectivity index (χ0v) is 18.1. The summed E-state index contributed by atoms with van der Waals surface area (Å²) in [5, 5.41) is 3.80. The van der Waals surface area contributed by atoms with Gasteiger partial charge < -0.3 is 5.32 Å². The molecule has 0 saturated heterocycles. The van der Waals surface area contributed by atoms with Gasteiger partial charge in [0.25, 0.3) is 5.56 Å². The Balaban J connectivity index is 1.68. The molecular formula is C23H22N4O3S. The number of fused-ring (bicyclic) bond motifs is 2. The summed E-state index contributed by atoms with van der Waals surface area (Å²) in [4.78, 5) is 44.9. The Kier molecular flexibility index (Phi) is 5.41. The third kappa shape index (κ3) is 3.63. The SMILES string of the molecule is C=CCn1c(SCC(=O)N2c3ccccc3NC(=O)C2(C)C)nc2ccccc2c1=O. The van der Waals surface area contributed by atoms with Crippen LogP contribution in [0.3, 0.4) is 0 Å². The Morgan fingerprint density at radius 2 is 1.87 bits per heavy atom. The number of aromatic nitrogens is 2. The number of para-hydroxylation sites is 3. The van der Waals surface area contributed by atoms with E-state index in [4.69, 9.17) is 0 Å². The van der Waals surface area contributed by atoms with Crippen LogP contribution in [0.4, 0.5) is 11.4 Å². The highest BCUT2D eigenvalue weighted by molar-refractivity contribution is 7.99. The van der Waals surface area contributed by atoms with Crippen molar-refractivity contribution in [3.63, 3.8) is 0 Å². The standard InChI is InChI=1S/C23H22N4O3S/c1-4-13-26-20(29)15-9-5-6-10-16(15)25-22(26)31-14-19(28)27-18-12-8-7-11-17(18)24-21(30)23(27,2)3/h4-12H,1,13-14H2,2-3H3,(H,24,30). The van der Waals surface area contributed by atoms with Crippen LogP contribution in [0.2, 0.25) is 0 Å². The topological polar surface area (TPSA) is 84.3 Å². The average Bonchev–Trinajstić information content (AvgIpc) is 2.75. The van der Waals surface area contributed by atoms with Crippen molar-refractivity contribution in [3.8, 4) is 0 Å². The minimum Gasteiger partial charge on any atom is -0.322 e. The molecule has 0 saturated carbocycles. The highest BCUT2D eigenvalue weighted by Gasteiger charge is 2.43. The van der Waals surface area contributed by atoms with Gasteiger partial charge in [-0.1, -0.05) is 42.1 Å². The first-order chi connectivity index (χ1) is 14.8. The molecule has 1 aliphatic rings. The number of amides is 2. The second-order valence-electron chi connectivity index (χ2n) is 7.66. The number of carbonyl (C=O) groups excluding carboxylic acids is 2. The van der Waals surface area contributed by atoms with Gasteiger partial charge in [0.2, 0.25) is 11.8 Å². The number of benzene rings is 2. The van der Waals surface area contributed by atoms with Crippen LogP contribution in [0.25, 0.3) is 10.9 Å². The van der Waals surface area contributed by atoms with E-state index in [1.165, 1.54) is 21.2 Å². The van der Waals surface area contributed by atoms with Crippen LogP contribution in [-0.2, 0) is 16.1 Å². The molecule has 0 aliphatic carbocycles. The number of nitrogens with one attached hydrogen (secondary N) is 1. The number of rotatable bonds is 5. The van der Waals surface area contributed by atoms with Crippen LogP contribution < -0.4 is 15.8 Å². The molecule has 0 atom stereocenters. The zero-order chi connectivity index (χ0) is 22.2. The molecule has 1 aliphatic heterocycles. The van der Waals surface area contributed by atoms with Gasteiger partial charge in [-0.25, -0.2) is 4.98 Å². The van der Waals surface area contributed by atoms with E-state index in [2.05, 4.69) is 16.9 Å². The molecule has 0 unspecified atom stereocenters. The van der Waals surface area contributed by atoms with E-state index < -0.39 is 5.54 Å². The zero-order valence-electron chi connectivity index (χ0n) is 17.3. The molecule has 2 aromatic carbocycles. The Bertz CT molecular complexity index is 1270. The predicted octanol–water partition coefficient (Wildman–Crippen LogP) is 3.44. The van der Waals surface area contributed by atoms with Gasteiger partial charge in [-0.05, 0) is 38.1 Å². The Morgan fingerprint density at radius 1 is 1.16 bits per heavy atom. The Morgan fingerprint density at radius 3 is 2.65 bits per heavy atom. The molecule has 0 spiro atoms. The molecule has 2 amide bonds. The first kappa shape index (κ1) is 20.9. The molecule has 4 rings (SSSR count). The molecule has 3 aromatic rings. The van der Waals surface area contributed by atoms with Gasteiger partial charge in [0.15, 0.2) is 5.16 Å². The third-order valence-corrected chi connectivity index (χ3v) is 6.18. The molecule has 158 valence electrons. The number of hydrogen-bond donors (Lipinski definition) is 1. The highest BCUT2D eigenvalue weighted by atomic mass is 32.2. The highest BCUT2D eigenvalue weighted by Crippen LogP contribution is 2.37. The van der Waals surface area contributed by atoms with Crippen LogP contribution >= 0.6 is 11.8 Å². The fraction of sp³-hybridized carbons (Fsp3) is 0.217. The van der Waals surface area contributed by atoms with E-state index in [-0.39, 0.29) is 29.7 Å². The minimum atomic E-state index is -1.05. The molecule has 8 heteroatoms. The fourth-order valence-corrected chi connectivity index (χ4v) is 4.50. The van der Waals surface area contributed by atoms with Gasteiger partial charge in [0.1, 0.15) is 5.54 Å². The summed E-state index contributed by atoms with van der Waals surface area (Å²) in [5.74, 6) is -0.478.